The summed E-state index contributed by atoms with van der Waals surface area (Å²) in [7, 11) is -3.58. The van der Waals surface area contributed by atoms with E-state index < -0.39 is 10.0 Å². The number of halogens is 1. The van der Waals surface area contributed by atoms with Crippen molar-refractivity contribution in [3.05, 3.63) is 59.9 Å². The molecule has 0 aliphatic rings. The van der Waals surface area contributed by atoms with Gasteiger partial charge in [-0.1, -0.05) is 31.2 Å². The van der Waals surface area contributed by atoms with Crippen molar-refractivity contribution in [3.63, 3.8) is 0 Å². The average Bonchev–Trinajstić information content (AvgIpc) is 2.53. The minimum Gasteiger partial charge on any atom is -0.260 e. The summed E-state index contributed by atoms with van der Waals surface area (Å²) in [5.41, 5.74) is 1.32. The molecule has 1 heterocycles. The maximum Gasteiger partial charge on any atom is 0.243 e. The summed E-state index contributed by atoms with van der Waals surface area (Å²) in [6.45, 7) is 2.43. The van der Waals surface area contributed by atoms with E-state index in [1.807, 2.05) is 19.1 Å². The van der Waals surface area contributed by atoms with E-state index >= 15 is 0 Å². The Labute approximate surface area is 130 Å². The molecule has 0 fully saturated rings. The van der Waals surface area contributed by atoms with Crippen molar-refractivity contribution < 1.29 is 8.42 Å². The molecule has 0 unspecified atom stereocenters. The van der Waals surface area contributed by atoms with E-state index in [0.717, 1.165) is 0 Å². The van der Waals surface area contributed by atoms with Crippen molar-refractivity contribution in [2.45, 2.75) is 24.2 Å². The van der Waals surface area contributed by atoms with Crippen LogP contribution in [0.3, 0.4) is 0 Å². The standard InChI is InChI=1S/C15H17ClN2O2S/c1-2-18(12-14-8-5-6-10-17-14)21(19,20)15-9-4-3-7-13(15)11-16/h3-10H,2,11-12H2,1H3. The van der Waals surface area contributed by atoms with E-state index in [0.29, 0.717) is 17.8 Å². The summed E-state index contributed by atoms with van der Waals surface area (Å²) in [4.78, 5) is 4.45. The molecule has 0 bridgehead atoms. The number of benzene rings is 1. The third-order valence-corrected chi connectivity index (χ3v) is 5.46. The zero-order valence-electron chi connectivity index (χ0n) is 11.7. The van der Waals surface area contributed by atoms with Crippen LogP contribution in [0.25, 0.3) is 0 Å². The molecule has 2 rings (SSSR count). The van der Waals surface area contributed by atoms with Gasteiger partial charge in [-0.3, -0.25) is 4.98 Å². The van der Waals surface area contributed by atoms with E-state index in [-0.39, 0.29) is 17.3 Å². The van der Waals surface area contributed by atoms with E-state index in [1.165, 1.54) is 4.31 Å². The van der Waals surface area contributed by atoms with Gasteiger partial charge in [0, 0.05) is 18.6 Å². The maximum atomic E-state index is 12.8. The first-order valence-corrected chi connectivity index (χ1v) is 8.61. The molecule has 0 spiro atoms. The largest absolute Gasteiger partial charge is 0.260 e. The lowest BCUT2D eigenvalue weighted by Gasteiger charge is -2.21. The molecule has 1 aromatic heterocycles. The van der Waals surface area contributed by atoms with Crippen LogP contribution in [0.5, 0.6) is 0 Å². The quantitative estimate of drug-likeness (QED) is 0.767. The van der Waals surface area contributed by atoms with E-state index in [4.69, 9.17) is 11.6 Å². The number of alkyl halides is 1. The topological polar surface area (TPSA) is 50.3 Å². The second-order valence-corrected chi connectivity index (χ2v) is 6.67. The molecule has 4 nitrogen and oxygen atoms in total. The fourth-order valence-corrected chi connectivity index (χ4v) is 4.00. The third kappa shape index (κ3) is 3.61. The lowest BCUT2D eigenvalue weighted by Crippen LogP contribution is -2.31. The summed E-state index contributed by atoms with van der Waals surface area (Å²) in [5.74, 6) is 0.163. The SMILES string of the molecule is CCN(Cc1ccccn1)S(=O)(=O)c1ccccc1CCl. The van der Waals surface area contributed by atoms with Crippen LogP contribution in [0.1, 0.15) is 18.2 Å². The number of hydrogen-bond acceptors (Lipinski definition) is 3. The van der Waals surface area contributed by atoms with Crippen LogP contribution >= 0.6 is 11.6 Å². The van der Waals surface area contributed by atoms with Gasteiger partial charge >= 0.3 is 0 Å². The zero-order valence-corrected chi connectivity index (χ0v) is 13.3. The van der Waals surface area contributed by atoms with Gasteiger partial charge in [-0.25, -0.2) is 8.42 Å². The molecule has 0 atom stereocenters. The van der Waals surface area contributed by atoms with Crippen molar-refractivity contribution in [3.8, 4) is 0 Å². The number of aromatic nitrogens is 1. The van der Waals surface area contributed by atoms with Gasteiger partial charge in [-0.05, 0) is 23.8 Å². The molecule has 0 aliphatic heterocycles. The van der Waals surface area contributed by atoms with Crippen molar-refractivity contribution in [1.29, 1.82) is 0 Å². The summed E-state index contributed by atoms with van der Waals surface area (Å²) in [5, 5.41) is 0. The predicted molar refractivity (Wildman–Crippen MR) is 83.5 cm³/mol. The molecule has 21 heavy (non-hydrogen) atoms. The molecule has 1 aromatic carbocycles. The normalized spacial score (nSPS) is 11.8. The molecule has 0 N–H and O–H groups in total. The predicted octanol–water partition coefficient (Wildman–Crippen LogP) is 3.03. The van der Waals surface area contributed by atoms with E-state index in [2.05, 4.69) is 4.98 Å². The Hall–Kier alpha value is -1.43. The van der Waals surface area contributed by atoms with Gasteiger partial charge in [0.15, 0.2) is 0 Å². The monoisotopic (exact) mass is 324 g/mol. The van der Waals surface area contributed by atoms with Gasteiger partial charge in [0.25, 0.3) is 0 Å². The Kier molecular flexibility index (Phi) is 5.33. The molecule has 0 saturated heterocycles. The van der Waals surface area contributed by atoms with Gasteiger partial charge in [0.2, 0.25) is 10.0 Å². The van der Waals surface area contributed by atoms with Gasteiger partial charge in [0.1, 0.15) is 0 Å². The van der Waals surface area contributed by atoms with Crippen LogP contribution in [0.15, 0.2) is 53.6 Å². The summed E-state index contributed by atoms with van der Waals surface area (Å²) in [6, 6.07) is 12.3. The number of sulfonamides is 1. The van der Waals surface area contributed by atoms with Gasteiger partial charge in [-0.2, -0.15) is 4.31 Å². The molecule has 6 heteroatoms. The van der Waals surface area contributed by atoms with Crippen LogP contribution in [0, 0.1) is 0 Å². The first-order valence-electron chi connectivity index (χ1n) is 6.63. The number of nitrogens with zero attached hydrogens (tertiary/aromatic N) is 2. The molecule has 0 saturated carbocycles. The number of pyridine rings is 1. The van der Waals surface area contributed by atoms with Crippen LogP contribution in [0.4, 0.5) is 0 Å². The first kappa shape index (κ1) is 15.9. The molecule has 112 valence electrons. The Balaban J connectivity index is 2.36. The minimum atomic E-state index is -3.58. The molecule has 0 amide bonds. The number of hydrogen-bond donors (Lipinski definition) is 0. The highest BCUT2D eigenvalue weighted by Gasteiger charge is 2.25. The fourth-order valence-electron chi connectivity index (χ4n) is 2.04. The highest BCUT2D eigenvalue weighted by atomic mass is 35.5. The van der Waals surface area contributed by atoms with Gasteiger partial charge in [0.05, 0.1) is 17.1 Å². The summed E-state index contributed by atoms with van der Waals surface area (Å²) in [6.07, 6.45) is 1.66. The molecular formula is C15H17ClN2O2S. The van der Waals surface area contributed by atoms with Crippen molar-refractivity contribution in [2.75, 3.05) is 6.54 Å². The Morgan fingerprint density at radius 3 is 2.48 bits per heavy atom. The molecule has 0 radical (unpaired) electrons. The van der Waals surface area contributed by atoms with Gasteiger partial charge in [-0.15, -0.1) is 11.6 Å². The highest BCUT2D eigenvalue weighted by Crippen LogP contribution is 2.22. The Morgan fingerprint density at radius 2 is 1.86 bits per heavy atom. The van der Waals surface area contributed by atoms with E-state index in [9.17, 15) is 8.42 Å². The second-order valence-electron chi connectivity index (χ2n) is 4.49. The summed E-state index contributed by atoms with van der Waals surface area (Å²) >= 11 is 5.85. The van der Waals surface area contributed by atoms with Crippen LogP contribution in [-0.2, 0) is 22.4 Å². The van der Waals surface area contributed by atoms with Crippen LogP contribution < -0.4 is 0 Å². The fraction of sp³-hybridized carbons (Fsp3) is 0.267. The Bertz CT molecular complexity index is 690. The third-order valence-electron chi connectivity index (χ3n) is 3.15. The van der Waals surface area contributed by atoms with Crippen molar-refractivity contribution >= 4 is 21.6 Å². The lowest BCUT2D eigenvalue weighted by molar-refractivity contribution is 0.418. The maximum absolute atomic E-state index is 12.8. The first-order chi connectivity index (χ1) is 10.1. The summed E-state index contributed by atoms with van der Waals surface area (Å²) < 4.78 is 27.0. The highest BCUT2D eigenvalue weighted by molar-refractivity contribution is 7.89. The van der Waals surface area contributed by atoms with Crippen LogP contribution in [0.2, 0.25) is 0 Å². The molecule has 0 aliphatic carbocycles. The van der Waals surface area contributed by atoms with Crippen LogP contribution in [-0.4, -0.2) is 24.3 Å². The molecule has 2 aromatic rings. The smallest absolute Gasteiger partial charge is 0.243 e. The van der Waals surface area contributed by atoms with E-state index in [1.54, 1.807) is 36.5 Å². The van der Waals surface area contributed by atoms with Crippen molar-refractivity contribution in [1.82, 2.24) is 9.29 Å². The zero-order chi connectivity index (χ0) is 15.3. The second kappa shape index (κ2) is 7.02. The molecular weight excluding hydrogens is 308 g/mol. The lowest BCUT2D eigenvalue weighted by atomic mass is 10.2. The number of rotatable bonds is 6. The minimum absolute atomic E-state index is 0.163. The average molecular weight is 325 g/mol. The van der Waals surface area contributed by atoms with Crippen molar-refractivity contribution in [2.24, 2.45) is 0 Å². The Morgan fingerprint density at radius 1 is 1.14 bits per heavy atom. The van der Waals surface area contributed by atoms with Gasteiger partial charge < -0.3 is 0 Å².